The lowest BCUT2D eigenvalue weighted by atomic mass is 10.4. The van der Waals surface area contributed by atoms with Crippen LogP contribution in [0.5, 0.6) is 0 Å². The van der Waals surface area contributed by atoms with E-state index in [2.05, 4.69) is 15.7 Å². The lowest BCUT2D eigenvalue weighted by Gasteiger charge is -1.97. The van der Waals surface area contributed by atoms with Crippen LogP contribution in [0.4, 0.5) is 0 Å². The van der Waals surface area contributed by atoms with Crippen LogP contribution < -0.4 is 11.1 Å². The molecule has 0 atom stereocenters. The highest BCUT2D eigenvalue weighted by Crippen LogP contribution is 1.68. The lowest BCUT2D eigenvalue weighted by Crippen LogP contribution is -2.34. The first-order valence-electron chi connectivity index (χ1n) is 2.56. The zero-order valence-electron chi connectivity index (χ0n) is 5.50. The summed E-state index contributed by atoms with van der Waals surface area (Å²) in [5.74, 6) is -0.241. The first-order valence-corrected chi connectivity index (χ1v) is 2.56. The number of nitrogens with zero attached hydrogens (tertiary/aromatic N) is 2. The number of Topliss-reactive ketones (excluding diaryl/α,β-unsaturated/α-hetero) is 1. The van der Waals surface area contributed by atoms with E-state index >= 15 is 0 Å². The highest BCUT2D eigenvalue weighted by molar-refractivity contribution is 5.85. The average Bonchev–Trinajstić information content (AvgIpc) is 1.85. The summed E-state index contributed by atoms with van der Waals surface area (Å²) in [6.07, 6.45) is 0. The number of nitrogens with two attached hydrogens (primary N) is 1. The summed E-state index contributed by atoms with van der Waals surface area (Å²) in [6.45, 7) is 1.44. The summed E-state index contributed by atoms with van der Waals surface area (Å²) < 4.78 is 0. The molecule has 3 N–H and O–H groups in total. The summed E-state index contributed by atoms with van der Waals surface area (Å²) in [5, 5.41) is 7.42. The highest BCUT2D eigenvalue weighted by Gasteiger charge is 1.92. The molecule has 0 aliphatic carbocycles. The Hall–Kier alpha value is -1.46. The fraction of sp³-hybridized carbons (Fsp3) is 0.500. The number of hydrogen-bond acceptors (Lipinski definition) is 3. The van der Waals surface area contributed by atoms with Crippen molar-refractivity contribution < 1.29 is 4.79 Å². The summed E-state index contributed by atoms with van der Waals surface area (Å²) >= 11 is 0. The quantitative estimate of drug-likeness (QED) is 0.233. The van der Waals surface area contributed by atoms with Crippen LogP contribution >= 0.6 is 0 Å². The average molecular weight is 144 g/mol. The van der Waals surface area contributed by atoms with Crippen LogP contribution in [0.15, 0.2) is 10.4 Å². The molecule has 0 saturated heterocycles. The molecule has 0 radical (unpaired) electrons. The summed E-state index contributed by atoms with van der Waals surface area (Å²) in [6, 6.07) is 0. The number of hydrogen-bond donors (Lipinski definition) is 2. The van der Waals surface area contributed by atoms with Gasteiger partial charge >= 0.3 is 0 Å². The molecule has 0 heterocycles. The molecular weight excluding hydrogens is 136 g/mol. The number of nitrogens with one attached hydrogen (secondary N) is 1. The molecule has 0 rings (SSSR count). The Morgan fingerprint density at radius 2 is 2.30 bits per heavy atom. The van der Waals surface area contributed by atoms with Crippen molar-refractivity contribution in [2.24, 2.45) is 16.1 Å². The first kappa shape index (κ1) is 8.54. The van der Waals surface area contributed by atoms with Gasteiger partial charge in [-0.25, -0.2) is 0 Å². The van der Waals surface area contributed by atoms with Crippen LogP contribution in [-0.2, 0) is 4.79 Å². The largest absolute Gasteiger partial charge is 0.368 e. The number of carbonyl (C=O) groups is 1. The summed E-state index contributed by atoms with van der Waals surface area (Å²) in [4.78, 5) is 19.7. The summed E-state index contributed by atoms with van der Waals surface area (Å²) in [7, 11) is 0. The van der Waals surface area contributed by atoms with E-state index in [0.29, 0.717) is 0 Å². The molecule has 0 spiro atoms. The Bertz CT molecular complexity index is 165. The maximum Gasteiger partial charge on any atom is 0.217 e. The van der Waals surface area contributed by atoms with Gasteiger partial charge in [-0.05, 0) is 6.92 Å². The predicted octanol–water partition coefficient (Wildman–Crippen LogP) is -0.839. The van der Waals surface area contributed by atoms with Crippen molar-refractivity contribution in [3.8, 4) is 0 Å². The van der Waals surface area contributed by atoms with Gasteiger partial charge in [-0.15, -0.1) is 4.91 Å². The molecule has 10 heavy (non-hydrogen) atoms. The number of ketones is 1. The van der Waals surface area contributed by atoms with E-state index in [4.69, 9.17) is 5.73 Å². The van der Waals surface area contributed by atoms with Crippen LogP contribution in [0.25, 0.3) is 0 Å². The van der Waals surface area contributed by atoms with E-state index in [1.807, 2.05) is 0 Å². The van der Waals surface area contributed by atoms with Gasteiger partial charge in [0.05, 0.1) is 11.8 Å². The van der Waals surface area contributed by atoms with Crippen LogP contribution in [0.3, 0.4) is 0 Å². The molecule has 0 aromatic rings. The Morgan fingerprint density at radius 3 is 2.70 bits per heavy atom. The third-order valence-corrected chi connectivity index (χ3v) is 0.667. The molecule has 0 bridgehead atoms. The van der Waals surface area contributed by atoms with Crippen LogP contribution in [0.1, 0.15) is 6.92 Å². The fourth-order valence-electron chi connectivity index (χ4n) is 0.294. The van der Waals surface area contributed by atoms with Gasteiger partial charge in [-0.3, -0.25) is 4.79 Å². The normalized spacial score (nSPS) is 10.7. The van der Waals surface area contributed by atoms with E-state index in [1.165, 1.54) is 6.92 Å². The molecule has 0 saturated carbocycles. The molecular formula is C4H8N4O2. The van der Waals surface area contributed by atoms with Crippen LogP contribution in [0, 0.1) is 4.91 Å². The van der Waals surface area contributed by atoms with Gasteiger partial charge in [0.1, 0.15) is 5.78 Å². The zero-order chi connectivity index (χ0) is 7.98. The minimum atomic E-state index is -0.148. The van der Waals surface area contributed by atoms with Gasteiger partial charge in [-0.2, -0.15) is 0 Å². The van der Waals surface area contributed by atoms with Gasteiger partial charge in [0.25, 0.3) is 0 Å². The van der Waals surface area contributed by atoms with Crippen molar-refractivity contribution in [3.05, 3.63) is 4.91 Å². The fourth-order valence-corrected chi connectivity index (χ4v) is 0.294. The standard InChI is InChI=1S/C4H8N4O2/c1-3(9)2-6-4(5)7-8-10/h2H2,1H3,(H3,5,6,7,10). The topological polar surface area (TPSA) is 96.9 Å². The molecule has 6 nitrogen and oxygen atoms in total. The van der Waals surface area contributed by atoms with E-state index in [9.17, 15) is 9.70 Å². The highest BCUT2D eigenvalue weighted by atomic mass is 16.3. The number of nitroso groups, excluding NO2 is 1. The predicted molar refractivity (Wildman–Crippen MR) is 36.1 cm³/mol. The maximum absolute atomic E-state index is 10.3. The third kappa shape index (κ3) is 4.69. The first-order chi connectivity index (χ1) is 4.66. The van der Waals surface area contributed by atoms with Crippen molar-refractivity contribution in [1.82, 2.24) is 5.32 Å². The van der Waals surface area contributed by atoms with Crippen LogP contribution in [-0.4, -0.2) is 18.3 Å². The third-order valence-electron chi connectivity index (χ3n) is 0.667. The molecule has 0 aliphatic heterocycles. The van der Waals surface area contributed by atoms with Crippen LogP contribution in [0.2, 0.25) is 0 Å². The molecule has 0 unspecified atom stereocenters. The minimum absolute atomic E-state index is 0.0604. The minimum Gasteiger partial charge on any atom is -0.368 e. The lowest BCUT2D eigenvalue weighted by molar-refractivity contribution is -0.115. The number of carbonyl (C=O) groups excluding carboxylic acids is 1. The Labute approximate surface area is 57.4 Å². The van der Waals surface area contributed by atoms with Gasteiger partial charge in [0, 0.05) is 0 Å². The second-order valence-corrected chi connectivity index (χ2v) is 1.62. The van der Waals surface area contributed by atoms with Crippen molar-refractivity contribution >= 4 is 11.7 Å². The molecule has 6 heteroatoms. The van der Waals surface area contributed by atoms with E-state index < -0.39 is 0 Å². The van der Waals surface area contributed by atoms with Crippen molar-refractivity contribution in [2.75, 3.05) is 6.54 Å². The number of guanidine groups is 1. The van der Waals surface area contributed by atoms with E-state index in [1.54, 1.807) is 0 Å². The van der Waals surface area contributed by atoms with Gasteiger partial charge in [0.15, 0.2) is 0 Å². The summed E-state index contributed by atoms with van der Waals surface area (Å²) in [5.41, 5.74) is 5.03. The van der Waals surface area contributed by atoms with E-state index in [-0.39, 0.29) is 18.3 Å². The Kier molecular flexibility index (Phi) is 3.78. The Balaban J connectivity index is 3.58. The second kappa shape index (κ2) is 4.42. The van der Waals surface area contributed by atoms with Gasteiger partial charge in [-0.1, -0.05) is 5.10 Å². The second-order valence-electron chi connectivity index (χ2n) is 1.62. The van der Waals surface area contributed by atoms with Crippen molar-refractivity contribution in [2.45, 2.75) is 6.92 Å². The van der Waals surface area contributed by atoms with E-state index in [0.717, 1.165) is 0 Å². The molecule has 0 aromatic carbocycles. The molecule has 0 aliphatic rings. The maximum atomic E-state index is 10.3. The monoisotopic (exact) mass is 144 g/mol. The molecule has 0 aromatic heterocycles. The van der Waals surface area contributed by atoms with Crippen molar-refractivity contribution in [1.29, 1.82) is 0 Å². The van der Waals surface area contributed by atoms with Gasteiger partial charge in [0.2, 0.25) is 5.96 Å². The molecule has 0 amide bonds. The molecule has 56 valence electrons. The SMILES string of the molecule is CC(=O)CNC(N)=NN=O. The number of rotatable bonds is 3. The van der Waals surface area contributed by atoms with Gasteiger partial charge < -0.3 is 11.1 Å². The molecule has 0 fully saturated rings. The Morgan fingerprint density at radius 1 is 1.70 bits per heavy atom. The van der Waals surface area contributed by atoms with Crippen molar-refractivity contribution in [3.63, 3.8) is 0 Å². The smallest absolute Gasteiger partial charge is 0.217 e. The zero-order valence-corrected chi connectivity index (χ0v) is 5.50.